The molecule has 0 aliphatic heterocycles. The van der Waals surface area contributed by atoms with Crippen LogP contribution in [0, 0.1) is 0 Å². The number of benzene rings is 2. The first-order valence-corrected chi connectivity index (χ1v) is 8.75. The highest BCUT2D eigenvalue weighted by molar-refractivity contribution is 5.85. The fourth-order valence-corrected chi connectivity index (χ4v) is 4.05. The molecule has 24 heavy (non-hydrogen) atoms. The molecule has 130 valence electrons. The molecular weight excluding hydrogens is 318 g/mol. The normalized spacial score (nSPS) is 20.2. The van der Waals surface area contributed by atoms with Crippen LogP contribution in [0.1, 0.15) is 54.2 Å². The standard InChI is InChI=1S/C21H27NO.ClH/c1-23-18-9-6-8-17(15-18)20-11-4-5-12-21(20)19-10-3-2-7-16(19)13-14-22;/h2-3,6-10,15,20-21H,4-5,11-14,22H2,1H3;1H. The van der Waals surface area contributed by atoms with Gasteiger partial charge in [-0.3, -0.25) is 0 Å². The third-order valence-corrected chi connectivity index (χ3v) is 5.16. The van der Waals surface area contributed by atoms with Crippen LogP contribution >= 0.6 is 12.4 Å². The molecule has 2 unspecified atom stereocenters. The molecule has 2 atom stereocenters. The van der Waals surface area contributed by atoms with Crippen molar-refractivity contribution in [2.45, 2.75) is 43.9 Å². The minimum absolute atomic E-state index is 0. The van der Waals surface area contributed by atoms with E-state index in [1.807, 2.05) is 6.07 Å². The molecule has 2 N–H and O–H groups in total. The lowest BCUT2D eigenvalue weighted by molar-refractivity contribution is 0.380. The third kappa shape index (κ3) is 4.12. The Morgan fingerprint density at radius 3 is 2.50 bits per heavy atom. The number of methoxy groups -OCH3 is 1. The molecule has 2 aromatic rings. The van der Waals surface area contributed by atoms with Gasteiger partial charge in [0.05, 0.1) is 7.11 Å². The Labute approximate surface area is 151 Å². The molecular formula is C21H28ClNO. The van der Waals surface area contributed by atoms with Crippen LogP contribution in [0.15, 0.2) is 48.5 Å². The number of rotatable bonds is 5. The van der Waals surface area contributed by atoms with E-state index in [-0.39, 0.29) is 12.4 Å². The van der Waals surface area contributed by atoms with Gasteiger partial charge in [-0.15, -0.1) is 12.4 Å². The van der Waals surface area contributed by atoms with Crippen LogP contribution in [-0.2, 0) is 6.42 Å². The van der Waals surface area contributed by atoms with E-state index in [0.29, 0.717) is 18.4 Å². The summed E-state index contributed by atoms with van der Waals surface area (Å²) in [7, 11) is 1.74. The van der Waals surface area contributed by atoms with E-state index in [9.17, 15) is 0 Å². The molecule has 0 radical (unpaired) electrons. The van der Waals surface area contributed by atoms with Crippen LogP contribution in [0.4, 0.5) is 0 Å². The van der Waals surface area contributed by atoms with Gasteiger partial charge in [0.15, 0.2) is 0 Å². The molecule has 0 bridgehead atoms. The van der Waals surface area contributed by atoms with Crippen LogP contribution in [0.2, 0.25) is 0 Å². The van der Waals surface area contributed by atoms with E-state index in [1.165, 1.54) is 42.4 Å². The topological polar surface area (TPSA) is 35.2 Å². The van der Waals surface area contributed by atoms with Gasteiger partial charge in [0.1, 0.15) is 5.75 Å². The predicted octanol–water partition coefficient (Wildman–Crippen LogP) is 5.06. The largest absolute Gasteiger partial charge is 0.497 e. The zero-order valence-electron chi connectivity index (χ0n) is 14.4. The quantitative estimate of drug-likeness (QED) is 0.822. The van der Waals surface area contributed by atoms with Crippen molar-refractivity contribution < 1.29 is 4.74 Å². The molecule has 1 fully saturated rings. The van der Waals surface area contributed by atoms with Crippen molar-refractivity contribution in [3.63, 3.8) is 0 Å². The molecule has 3 rings (SSSR count). The average Bonchev–Trinajstić information content (AvgIpc) is 2.62. The number of halogens is 1. The Morgan fingerprint density at radius 1 is 1.00 bits per heavy atom. The minimum atomic E-state index is 0. The number of hydrogen-bond acceptors (Lipinski definition) is 2. The lowest BCUT2D eigenvalue weighted by Gasteiger charge is -2.34. The molecule has 3 heteroatoms. The molecule has 0 aromatic heterocycles. The highest BCUT2D eigenvalue weighted by Gasteiger charge is 2.29. The monoisotopic (exact) mass is 345 g/mol. The summed E-state index contributed by atoms with van der Waals surface area (Å²) in [6, 6.07) is 17.5. The van der Waals surface area contributed by atoms with E-state index >= 15 is 0 Å². The van der Waals surface area contributed by atoms with Crippen molar-refractivity contribution in [2.75, 3.05) is 13.7 Å². The third-order valence-electron chi connectivity index (χ3n) is 5.16. The van der Waals surface area contributed by atoms with Gasteiger partial charge in [-0.1, -0.05) is 49.2 Å². The molecule has 2 nitrogen and oxygen atoms in total. The van der Waals surface area contributed by atoms with Gasteiger partial charge < -0.3 is 10.5 Å². The maximum Gasteiger partial charge on any atom is 0.119 e. The second-order valence-electron chi connectivity index (χ2n) is 6.51. The van der Waals surface area contributed by atoms with Crippen LogP contribution in [0.3, 0.4) is 0 Å². The summed E-state index contributed by atoms with van der Waals surface area (Å²) in [5.74, 6) is 2.14. The summed E-state index contributed by atoms with van der Waals surface area (Å²) < 4.78 is 5.43. The van der Waals surface area contributed by atoms with Crippen LogP contribution in [0.25, 0.3) is 0 Å². The Kier molecular flexibility index (Phi) is 7.14. The zero-order valence-corrected chi connectivity index (χ0v) is 15.2. The van der Waals surface area contributed by atoms with Gasteiger partial charge in [0.25, 0.3) is 0 Å². The summed E-state index contributed by atoms with van der Waals surface area (Å²) in [5, 5.41) is 0. The number of ether oxygens (including phenoxy) is 1. The molecule has 1 saturated carbocycles. The Bertz CT molecular complexity index is 643. The van der Waals surface area contributed by atoms with Crippen LogP contribution in [-0.4, -0.2) is 13.7 Å². The van der Waals surface area contributed by atoms with E-state index in [2.05, 4.69) is 42.5 Å². The smallest absolute Gasteiger partial charge is 0.119 e. The Balaban J connectivity index is 0.00000208. The van der Waals surface area contributed by atoms with Gasteiger partial charge in [-0.2, -0.15) is 0 Å². The first-order valence-electron chi connectivity index (χ1n) is 8.75. The Morgan fingerprint density at radius 2 is 1.75 bits per heavy atom. The second kappa shape index (κ2) is 9.10. The second-order valence-corrected chi connectivity index (χ2v) is 6.51. The summed E-state index contributed by atoms with van der Waals surface area (Å²) in [4.78, 5) is 0. The zero-order chi connectivity index (χ0) is 16.1. The van der Waals surface area contributed by atoms with Gasteiger partial charge in [0, 0.05) is 0 Å². The molecule has 0 spiro atoms. The van der Waals surface area contributed by atoms with Crippen molar-refractivity contribution >= 4 is 12.4 Å². The summed E-state index contributed by atoms with van der Waals surface area (Å²) in [6.45, 7) is 0.716. The highest BCUT2D eigenvalue weighted by atomic mass is 35.5. The van der Waals surface area contributed by atoms with E-state index in [1.54, 1.807) is 7.11 Å². The molecule has 0 heterocycles. The van der Waals surface area contributed by atoms with Gasteiger partial charge in [0.2, 0.25) is 0 Å². The van der Waals surface area contributed by atoms with E-state index in [0.717, 1.165) is 12.2 Å². The lowest BCUT2D eigenvalue weighted by Crippen LogP contribution is -2.18. The fourth-order valence-electron chi connectivity index (χ4n) is 4.05. The predicted molar refractivity (Wildman–Crippen MR) is 103 cm³/mol. The van der Waals surface area contributed by atoms with Gasteiger partial charge >= 0.3 is 0 Å². The summed E-state index contributed by atoms with van der Waals surface area (Å²) in [6.07, 6.45) is 6.13. The van der Waals surface area contributed by atoms with E-state index < -0.39 is 0 Å². The van der Waals surface area contributed by atoms with Crippen molar-refractivity contribution in [1.29, 1.82) is 0 Å². The molecule has 0 saturated heterocycles. The number of hydrogen-bond donors (Lipinski definition) is 1. The molecule has 2 aromatic carbocycles. The molecule has 0 amide bonds. The maximum atomic E-state index is 5.83. The first kappa shape index (κ1) is 18.8. The fraction of sp³-hybridized carbons (Fsp3) is 0.429. The van der Waals surface area contributed by atoms with Crippen molar-refractivity contribution in [3.05, 3.63) is 65.2 Å². The van der Waals surface area contributed by atoms with Gasteiger partial charge in [-0.05, 0) is 66.5 Å². The van der Waals surface area contributed by atoms with E-state index in [4.69, 9.17) is 10.5 Å². The summed E-state index contributed by atoms with van der Waals surface area (Å²) >= 11 is 0. The highest BCUT2D eigenvalue weighted by Crippen LogP contribution is 2.45. The Hall–Kier alpha value is -1.51. The molecule has 1 aliphatic rings. The van der Waals surface area contributed by atoms with Crippen molar-refractivity contribution in [3.8, 4) is 5.75 Å². The van der Waals surface area contributed by atoms with Crippen molar-refractivity contribution in [1.82, 2.24) is 0 Å². The minimum Gasteiger partial charge on any atom is -0.497 e. The van der Waals surface area contributed by atoms with Crippen LogP contribution in [0.5, 0.6) is 5.75 Å². The average molecular weight is 346 g/mol. The van der Waals surface area contributed by atoms with Crippen LogP contribution < -0.4 is 10.5 Å². The van der Waals surface area contributed by atoms with Crippen molar-refractivity contribution in [2.24, 2.45) is 5.73 Å². The first-order chi connectivity index (χ1) is 11.3. The molecule has 1 aliphatic carbocycles. The summed E-state index contributed by atoms with van der Waals surface area (Å²) in [5.41, 5.74) is 10.2. The maximum absolute atomic E-state index is 5.83. The number of nitrogens with two attached hydrogens (primary N) is 1. The SMILES string of the molecule is COc1cccc(C2CCCCC2c2ccccc2CCN)c1.Cl. The lowest BCUT2D eigenvalue weighted by atomic mass is 9.71. The van der Waals surface area contributed by atoms with Gasteiger partial charge in [-0.25, -0.2) is 0 Å².